The number of rotatable bonds is 3. The molecule has 5 nitrogen and oxygen atoms in total. The number of carbonyl (C=O) groups excluding carboxylic acids is 2. The molecule has 26 heavy (non-hydrogen) atoms. The van der Waals surface area contributed by atoms with E-state index in [4.69, 9.17) is 0 Å². The van der Waals surface area contributed by atoms with Crippen LogP contribution in [0.15, 0.2) is 66.2 Å². The Balaban J connectivity index is 0.000000236. The van der Waals surface area contributed by atoms with E-state index in [0.29, 0.717) is 17.2 Å². The van der Waals surface area contributed by atoms with Crippen molar-refractivity contribution in [2.24, 2.45) is 0 Å². The van der Waals surface area contributed by atoms with E-state index < -0.39 is 0 Å². The molecule has 2 heterocycles. The van der Waals surface area contributed by atoms with Gasteiger partial charge in [-0.05, 0) is 18.6 Å². The van der Waals surface area contributed by atoms with Gasteiger partial charge in [-0.3, -0.25) is 9.59 Å². The van der Waals surface area contributed by atoms with E-state index in [9.17, 15) is 9.59 Å². The van der Waals surface area contributed by atoms with E-state index in [-0.39, 0.29) is 18.4 Å². The Morgan fingerprint density at radius 2 is 1.88 bits per heavy atom. The first-order chi connectivity index (χ1) is 12.6. The van der Waals surface area contributed by atoms with Gasteiger partial charge in [-0.2, -0.15) is 0 Å². The van der Waals surface area contributed by atoms with Crippen LogP contribution in [0.3, 0.4) is 0 Å². The van der Waals surface area contributed by atoms with Gasteiger partial charge in [0.15, 0.2) is 5.13 Å². The maximum Gasteiger partial charge on any atom is 0.254 e. The number of anilines is 1. The van der Waals surface area contributed by atoms with Gasteiger partial charge >= 0.3 is 0 Å². The first-order valence-corrected chi connectivity index (χ1v) is 9.09. The van der Waals surface area contributed by atoms with E-state index in [1.165, 1.54) is 21.8 Å². The molecule has 0 atom stereocenters. The summed E-state index contributed by atoms with van der Waals surface area (Å²) in [5.41, 5.74) is 2.97. The summed E-state index contributed by atoms with van der Waals surface area (Å²) in [6.07, 6.45) is 1.62. The molecule has 0 unspecified atom stereocenters. The third-order valence-corrected chi connectivity index (χ3v) is 4.54. The van der Waals surface area contributed by atoms with Crippen molar-refractivity contribution in [2.75, 3.05) is 11.9 Å². The number of nitrogens with zero attached hydrogens (tertiary/aromatic N) is 2. The van der Waals surface area contributed by atoms with Crippen LogP contribution in [0.2, 0.25) is 0 Å². The Labute approximate surface area is 156 Å². The number of thiazole rings is 1. The second-order valence-corrected chi connectivity index (χ2v) is 6.75. The second-order valence-electron chi connectivity index (χ2n) is 5.86. The fourth-order valence-electron chi connectivity index (χ4n) is 2.59. The lowest BCUT2D eigenvalue weighted by Crippen LogP contribution is -2.33. The average molecular weight is 365 g/mol. The van der Waals surface area contributed by atoms with Crippen molar-refractivity contribution >= 4 is 28.3 Å². The molecule has 1 N–H and O–H groups in total. The van der Waals surface area contributed by atoms with E-state index >= 15 is 0 Å². The van der Waals surface area contributed by atoms with Gasteiger partial charge in [-0.15, -0.1) is 11.3 Å². The van der Waals surface area contributed by atoms with Gasteiger partial charge in [-0.25, -0.2) is 4.98 Å². The molecular weight excluding hydrogens is 346 g/mol. The summed E-state index contributed by atoms with van der Waals surface area (Å²) < 4.78 is 0. The molecule has 1 aliphatic rings. The highest BCUT2D eigenvalue weighted by atomic mass is 32.1. The minimum atomic E-state index is -0.226. The summed E-state index contributed by atoms with van der Waals surface area (Å²) in [4.78, 5) is 29.4. The van der Waals surface area contributed by atoms with Crippen molar-refractivity contribution in [3.05, 3.63) is 82.9 Å². The molecule has 0 fully saturated rings. The van der Waals surface area contributed by atoms with Crippen LogP contribution in [0, 0.1) is 6.92 Å². The minimum Gasteiger partial charge on any atom is -0.325 e. The Kier molecular flexibility index (Phi) is 5.76. The molecule has 4 rings (SSSR count). The maximum absolute atomic E-state index is 12.1. The lowest BCUT2D eigenvalue weighted by Gasteiger charge is -2.14. The average Bonchev–Trinajstić information content (AvgIpc) is 3.25. The Morgan fingerprint density at radius 3 is 2.50 bits per heavy atom. The Hall–Kier alpha value is -2.99. The molecule has 0 bridgehead atoms. The molecule has 0 saturated carbocycles. The molecule has 0 spiro atoms. The van der Waals surface area contributed by atoms with E-state index in [0.717, 1.165) is 5.56 Å². The summed E-state index contributed by atoms with van der Waals surface area (Å²) >= 11 is 1.35. The maximum atomic E-state index is 12.1. The van der Waals surface area contributed by atoms with Gasteiger partial charge in [0.25, 0.3) is 5.91 Å². The summed E-state index contributed by atoms with van der Waals surface area (Å²) in [7, 11) is 0. The molecule has 1 aliphatic heterocycles. The SMILES string of the molecule is Cc1ccccc1.O=C(CN1Cc2ccccc2C1=O)Nc1nccs1. The number of hydrogen-bond donors (Lipinski definition) is 1. The van der Waals surface area contributed by atoms with Crippen LogP contribution in [0.4, 0.5) is 5.13 Å². The monoisotopic (exact) mass is 365 g/mol. The predicted molar refractivity (Wildman–Crippen MR) is 103 cm³/mol. The number of aromatic nitrogens is 1. The largest absolute Gasteiger partial charge is 0.325 e. The van der Waals surface area contributed by atoms with Crippen molar-refractivity contribution in [1.82, 2.24) is 9.88 Å². The summed E-state index contributed by atoms with van der Waals surface area (Å²) in [6.45, 7) is 2.62. The number of fused-ring (bicyclic) bond motifs is 1. The molecule has 0 saturated heterocycles. The van der Waals surface area contributed by atoms with Gasteiger partial charge in [0.05, 0.1) is 0 Å². The lowest BCUT2D eigenvalue weighted by atomic mass is 10.1. The van der Waals surface area contributed by atoms with Gasteiger partial charge < -0.3 is 10.2 Å². The first kappa shape index (κ1) is 17.8. The first-order valence-electron chi connectivity index (χ1n) is 8.21. The highest BCUT2D eigenvalue weighted by Crippen LogP contribution is 2.22. The highest BCUT2D eigenvalue weighted by Gasteiger charge is 2.28. The van der Waals surface area contributed by atoms with E-state index in [2.05, 4.69) is 29.4 Å². The van der Waals surface area contributed by atoms with Gasteiger partial charge in [0, 0.05) is 23.7 Å². The van der Waals surface area contributed by atoms with E-state index in [1.807, 2.05) is 36.4 Å². The molecule has 132 valence electrons. The smallest absolute Gasteiger partial charge is 0.254 e. The standard InChI is InChI=1S/C13H11N3O2S.C7H8/c17-11(15-13-14-5-6-19-13)8-16-7-9-3-1-2-4-10(9)12(16)18;1-7-5-3-2-4-6-7/h1-6H,7-8H2,(H,14,15,17);2-6H,1H3. The Morgan fingerprint density at radius 1 is 1.15 bits per heavy atom. The second kappa shape index (κ2) is 8.40. The summed E-state index contributed by atoms with van der Waals surface area (Å²) in [5, 5.41) is 5.01. The zero-order chi connectivity index (χ0) is 18.4. The summed E-state index contributed by atoms with van der Waals surface area (Å²) in [6, 6.07) is 17.7. The number of amides is 2. The van der Waals surface area contributed by atoms with Crippen molar-refractivity contribution in [2.45, 2.75) is 13.5 Å². The number of carbonyl (C=O) groups is 2. The number of aryl methyl sites for hydroxylation is 1. The fourth-order valence-corrected chi connectivity index (χ4v) is 3.14. The molecule has 0 aliphatic carbocycles. The molecule has 2 amide bonds. The summed E-state index contributed by atoms with van der Waals surface area (Å²) in [5.74, 6) is -0.319. The fraction of sp³-hybridized carbons (Fsp3) is 0.150. The van der Waals surface area contributed by atoms with E-state index in [1.54, 1.807) is 17.6 Å². The van der Waals surface area contributed by atoms with Crippen molar-refractivity contribution in [1.29, 1.82) is 0 Å². The predicted octanol–water partition coefficient (Wildman–Crippen LogP) is 3.73. The molecule has 6 heteroatoms. The highest BCUT2D eigenvalue weighted by molar-refractivity contribution is 7.13. The van der Waals surface area contributed by atoms with Crippen LogP contribution >= 0.6 is 11.3 Å². The zero-order valence-corrected chi connectivity index (χ0v) is 15.2. The molecular formula is C20H19N3O2S. The van der Waals surface area contributed by atoms with Crippen LogP contribution in [0.25, 0.3) is 0 Å². The molecule has 3 aromatic rings. The van der Waals surface area contributed by atoms with Crippen LogP contribution in [-0.2, 0) is 11.3 Å². The lowest BCUT2D eigenvalue weighted by molar-refractivity contribution is -0.116. The number of benzene rings is 2. The van der Waals surface area contributed by atoms with Gasteiger partial charge in [0.1, 0.15) is 6.54 Å². The van der Waals surface area contributed by atoms with Crippen molar-refractivity contribution in [3.8, 4) is 0 Å². The number of hydrogen-bond acceptors (Lipinski definition) is 4. The minimum absolute atomic E-state index is 0.0487. The zero-order valence-electron chi connectivity index (χ0n) is 14.4. The van der Waals surface area contributed by atoms with Gasteiger partial charge in [-0.1, -0.05) is 54.1 Å². The third-order valence-electron chi connectivity index (χ3n) is 3.85. The van der Waals surface area contributed by atoms with Crippen LogP contribution in [0.5, 0.6) is 0 Å². The van der Waals surface area contributed by atoms with Gasteiger partial charge in [0.2, 0.25) is 5.91 Å². The topological polar surface area (TPSA) is 62.3 Å². The van der Waals surface area contributed by atoms with Crippen LogP contribution in [0.1, 0.15) is 21.5 Å². The molecule has 2 aromatic carbocycles. The van der Waals surface area contributed by atoms with Crippen LogP contribution in [-0.4, -0.2) is 28.2 Å². The van der Waals surface area contributed by atoms with Crippen molar-refractivity contribution < 1.29 is 9.59 Å². The third kappa shape index (κ3) is 4.55. The Bertz CT molecular complexity index is 879. The normalized spacial score (nSPS) is 12.2. The quantitative estimate of drug-likeness (QED) is 0.769. The molecule has 0 radical (unpaired) electrons. The van der Waals surface area contributed by atoms with Crippen LogP contribution < -0.4 is 5.32 Å². The van der Waals surface area contributed by atoms with Crippen molar-refractivity contribution in [3.63, 3.8) is 0 Å². The molecule has 1 aromatic heterocycles. The number of nitrogens with one attached hydrogen (secondary N) is 1.